The van der Waals surface area contributed by atoms with E-state index in [0.717, 1.165) is 0 Å². The molecule has 0 atom stereocenters. The second-order valence-electron chi connectivity index (χ2n) is 4.82. The Hall–Kier alpha value is 0.824. The van der Waals surface area contributed by atoms with E-state index in [1.165, 1.54) is 37.0 Å². The van der Waals surface area contributed by atoms with Crippen molar-refractivity contribution >= 4 is 43.9 Å². The van der Waals surface area contributed by atoms with Crippen LogP contribution in [-0.2, 0) is 19.4 Å². The molecular formula is C19H34Cl2NiOP2-. The Morgan fingerprint density at radius 3 is 1.28 bits per heavy atom. The van der Waals surface area contributed by atoms with Gasteiger partial charge in [0, 0.05) is 0 Å². The number of halogens is 2. The number of benzene rings is 1. The third-order valence-corrected chi connectivity index (χ3v) is 9.36. The van der Waals surface area contributed by atoms with Gasteiger partial charge in [-0.2, -0.15) is 17.7 Å². The Labute approximate surface area is 176 Å². The zero-order valence-electron chi connectivity index (χ0n) is 16.4. The van der Waals surface area contributed by atoms with Gasteiger partial charge in [0.25, 0.3) is 0 Å². The van der Waals surface area contributed by atoms with Gasteiger partial charge < -0.3 is 4.79 Å². The summed E-state index contributed by atoms with van der Waals surface area (Å²) in [6.07, 6.45) is 10.2. The van der Waals surface area contributed by atoms with Gasteiger partial charge in [0.1, 0.15) is 0 Å². The van der Waals surface area contributed by atoms with Crippen LogP contribution in [0, 0.1) is 0 Å². The zero-order valence-corrected chi connectivity index (χ0v) is 20.7. The maximum atomic E-state index is 10.0. The van der Waals surface area contributed by atoms with Gasteiger partial charge >= 0.3 is 24.8 Å². The van der Waals surface area contributed by atoms with Crippen LogP contribution in [0.3, 0.4) is 0 Å². The van der Waals surface area contributed by atoms with Crippen molar-refractivity contribution < 1.29 is 19.4 Å². The molecule has 0 aliphatic rings. The van der Waals surface area contributed by atoms with Crippen LogP contribution in [0.1, 0.15) is 47.1 Å². The molecule has 6 heteroatoms. The minimum absolute atomic E-state index is 0.416. The first-order valence-corrected chi connectivity index (χ1v) is 14.3. The fraction of sp³-hybridized carbons (Fsp3) is 0.632. The summed E-state index contributed by atoms with van der Waals surface area (Å²) in [6.45, 7) is 13.7. The minimum atomic E-state index is 0.416. The molecule has 1 rings (SSSR count). The van der Waals surface area contributed by atoms with E-state index in [0.29, 0.717) is 26.4 Å². The molecule has 1 aromatic rings. The summed E-state index contributed by atoms with van der Waals surface area (Å²) in [5.74, 6) is 0. The maximum absolute atomic E-state index is 10.0. The van der Waals surface area contributed by atoms with Gasteiger partial charge in [-0.25, -0.2) is 0 Å². The Bertz CT molecular complexity index is 364. The molecule has 0 radical (unpaired) electrons. The fourth-order valence-electron chi connectivity index (χ4n) is 1.89. The molecule has 0 aliphatic carbocycles. The summed E-state index contributed by atoms with van der Waals surface area (Å²) in [5, 5.41) is 0.451. The normalized spacial score (nSPS) is 9.28. The molecule has 0 saturated heterocycles. The summed E-state index contributed by atoms with van der Waals surface area (Å²) < 4.78 is 0. The van der Waals surface area contributed by atoms with E-state index in [9.17, 15) is 4.79 Å². The van der Waals surface area contributed by atoms with E-state index in [2.05, 4.69) is 66.3 Å². The van der Waals surface area contributed by atoms with Gasteiger partial charge in [-0.05, 0) is 37.0 Å². The van der Waals surface area contributed by atoms with Crippen LogP contribution in [0.4, 0.5) is 0 Å². The molecular weight excluding hydrogens is 436 g/mol. The summed E-state index contributed by atoms with van der Waals surface area (Å²) in [6, 6.07) is 6.78. The van der Waals surface area contributed by atoms with E-state index in [1.54, 1.807) is 30.6 Å². The first-order valence-electron chi connectivity index (χ1n) is 8.73. The molecule has 0 bridgehead atoms. The monoisotopic (exact) mass is 468 g/mol. The molecule has 0 aromatic heterocycles. The number of rotatable bonds is 7. The van der Waals surface area contributed by atoms with Crippen LogP contribution in [-0.4, -0.2) is 43.3 Å². The number of hydrogen-bond acceptors (Lipinski definition) is 1. The molecule has 151 valence electrons. The molecule has 0 saturated carbocycles. The summed E-state index contributed by atoms with van der Waals surface area (Å²) in [4.78, 5) is 10.0. The zero-order chi connectivity index (χ0) is 20.1. The Morgan fingerprint density at radius 2 is 1.12 bits per heavy atom. The van der Waals surface area contributed by atoms with Gasteiger partial charge in [-0.15, -0.1) is 33.5 Å². The third kappa shape index (κ3) is 19.4. The average molecular weight is 470 g/mol. The molecule has 0 fully saturated rings. The molecule has 1 nitrogen and oxygen atoms in total. The van der Waals surface area contributed by atoms with E-state index in [-0.39, 0.29) is 0 Å². The number of carbonyl (C=O) groups excluding carboxylic acids is 1. The van der Waals surface area contributed by atoms with Gasteiger partial charge in [0.2, 0.25) is 0 Å². The first kappa shape index (κ1) is 30.5. The molecule has 0 heterocycles. The molecule has 0 amide bonds. The van der Waals surface area contributed by atoms with Gasteiger partial charge in [-0.1, -0.05) is 52.6 Å². The quantitative estimate of drug-likeness (QED) is 0.229. The van der Waals surface area contributed by atoms with Crippen molar-refractivity contribution in [3.05, 3.63) is 34.9 Å². The van der Waals surface area contributed by atoms with Crippen LogP contribution in [0.25, 0.3) is 0 Å². The van der Waals surface area contributed by atoms with Crippen molar-refractivity contribution in [3.8, 4) is 0 Å². The van der Waals surface area contributed by atoms with Crippen LogP contribution in [0.15, 0.2) is 24.3 Å². The van der Waals surface area contributed by atoms with E-state index in [1.807, 2.05) is 0 Å². The molecule has 0 unspecified atom stereocenters. The van der Waals surface area contributed by atoms with Crippen molar-refractivity contribution in [1.29, 1.82) is 0 Å². The van der Waals surface area contributed by atoms with Crippen molar-refractivity contribution in [2.24, 2.45) is 0 Å². The Balaban J connectivity index is -0.000000280. The van der Waals surface area contributed by atoms with Crippen molar-refractivity contribution in [2.45, 2.75) is 41.5 Å². The molecule has 1 aromatic carbocycles. The predicted octanol–water partition coefficient (Wildman–Crippen LogP) is 7.54. The van der Waals surface area contributed by atoms with Crippen LogP contribution < -0.4 is 0 Å². The molecule has 0 N–H and O–H groups in total. The standard InChI is InChI=1S/C7H4ClO.2C6H15P.ClH.Ni/c8-7-4-2-1-3-6(7)5-9;2*1-4-7(5-2)6-3;;/h1-4H;2*4-6H2,1-3H3;1H;/q-1;;;;+1/p-1. The molecule has 0 spiro atoms. The Morgan fingerprint density at radius 1 is 0.800 bits per heavy atom. The third-order valence-electron chi connectivity index (χ3n) is 3.67. The van der Waals surface area contributed by atoms with Crippen LogP contribution in [0.2, 0.25) is 5.02 Å². The van der Waals surface area contributed by atoms with Crippen molar-refractivity contribution in [3.63, 3.8) is 0 Å². The van der Waals surface area contributed by atoms with E-state index in [4.69, 9.17) is 11.6 Å². The topological polar surface area (TPSA) is 17.1 Å². The van der Waals surface area contributed by atoms with Gasteiger partial charge in [0.15, 0.2) is 0 Å². The summed E-state index contributed by atoms with van der Waals surface area (Å²) >= 11 is 8.91. The fourth-order valence-corrected chi connectivity index (χ4v) is 4.74. The first-order chi connectivity index (χ1) is 12.0. The predicted molar refractivity (Wildman–Crippen MR) is 119 cm³/mol. The number of hydrogen-bond donors (Lipinski definition) is 0. The van der Waals surface area contributed by atoms with Crippen LogP contribution >= 0.6 is 37.6 Å². The van der Waals surface area contributed by atoms with E-state index >= 15 is 0 Å². The molecule has 25 heavy (non-hydrogen) atoms. The van der Waals surface area contributed by atoms with Crippen molar-refractivity contribution in [2.75, 3.05) is 37.0 Å². The second-order valence-corrected chi connectivity index (χ2v) is 11.7. The van der Waals surface area contributed by atoms with Gasteiger partial charge in [0.05, 0.1) is 6.29 Å². The van der Waals surface area contributed by atoms with Gasteiger partial charge in [-0.3, -0.25) is 0 Å². The average Bonchev–Trinajstić information content (AvgIpc) is 2.68. The second kappa shape index (κ2) is 24.8. The summed E-state index contributed by atoms with van der Waals surface area (Å²) in [7, 11) is 5.16. The molecule has 0 aliphatic heterocycles. The van der Waals surface area contributed by atoms with Crippen molar-refractivity contribution in [1.82, 2.24) is 0 Å². The SMILES string of the molecule is CCP(CC)CC.CCP(CC)CC.O=[C-]c1ccccc1Cl.[Cl][Ni]. The van der Waals surface area contributed by atoms with E-state index < -0.39 is 0 Å². The van der Waals surface area contributed by atoms with Crippen LogP contribution in [0.5, 0.6) is 0 Å². The summed E-state index contributed by atoms with van der Waals surface area (Å²) in [5.41, 5.74) is 0.416. The Kier molecular flexibility index (Phi) is 30.3.